The van der Waals surface area contributed by atoms with E-state index in [1.54, 1.807) is 0 Å². The first-order chi connectivity index (χ1) is 16.0. The van der Waals surface area contributed by atoms with E-state index in [1.807, 2.05) is 30.3 Å². The van der Waals surface area contributed by atoms with Gasteiger partial charge in [0.25, 0.3) is 0 Å². The van der Waals surface area contributed by atoms with E-state index >= 15 is 0 Å². The molecule has 6 nitrogen and oxygen atoms in total. The minimum absolute atomic E-state index is 0.154. The topological polar surface area (TPSA) is 85.2 Å². The van der Waals surface area contributed by atoms with Gasteiger partial charge in [-0.25, -0.2) is 4.57 Å². The summed E-state index contributed by atoms with van der Waals surface area (Å²) in [5.41, 5.74) is 0. The van der Waals surface area contributed by atoms with Crippen molar-refractivity contribution in [2.75, 3.05) is 19.8 Å². The molecule has 1 atom stereocenters. The van der Waals surface area contributed by atoms with Gasteiger partial charge in [0, 0.05) is 0 Å². The molecule has 7 heteroatoms. The highest BCUT2D eigenvalue weighted by Gasteiger charge is 2.22. The monoisotopic (exact) mass is 486 g/mol. The Balaban J connectivity index is 2.01. The summed E-state index contributed by atoms with van der Waals surface area (Å²) < 4.78 is 27.3. The summed E-state index contributed by atoms with van der Waals surface area (Å²) in [5.74, 6) is 0.770. The molecule has 0 saturated carbocycles. The fourth-order valence-electron chi connectivity index (χ4n) is 3.88. The number of unbranched alkanes of at least 4 members (excludes halogenated alkanes) is 13. The van der Waals surface area contributed by atoms with Crippen molar-refractivity contribution in [2.24, 2.45) is 0 Å². The van der Waals surface area contributed by atoms with Gasteiger partial charge in [0.1, 0.15) is 12.4 Å². The molecule has 0 amide bonds. The van der Waals surface area contributed by atoms with Gasteiger partial charge in [0.05, 0.1) is 19.3 Å². The Kier molecular flexibility index (Phi) is 18.7. The van der Waals surface area contributed by atoms with Crippen LogP contribution in [0.5, 0.6) is 5.75 Å². The maximum absolute atomic E-state index is 11.3. The zero-order chi connectivity index (χ0) is 24.0. The van der Waals surface area contributed by atoms with Gasteiger partial charge < -0.3 is 19.3 Å². The van der Waals surface area contributed by atoms with Gasteiger partial charge >= 0.3 is 7.82 Å². The fourth-order valence-corrected chi connectivity index (χ4v) is 4.43. The fraction of sp³-hybridized carbons (Fsp3) is 0.769. The van der Waals surface area contributed by atoms with Crippen molar-refractivity contribution < 1.29 is 28.3 Å². The molecule has 0 aliphatic heterocycles. The minimum Gasteiger partial charge on any atom is -0.491 e. The lowest BCUT2D eigenvalue weighted by atomic mass is 10.0. The SMILES string of the molecule is CCCCCCCCCCCCCCCCC(COCCOc1ccccc1)OP(=O)(O)O. The standard InChI is InChI=1S/C26H47O6P/c1-2-3-4-5-6-7-8-9-10-11-12-13-14-16-21-26(32-33(27,28)29)24-30-22-23-31-25-19-17-15-18-20-25/h15,17-20,26H,2-14,16,21-24H2,1H3,(H2,27,28,29). The summed E-state index contributed by atoms with van der Waals surface area (Å²) in [5, 5.41) is 0. The van der Waals surface area contributed by atoms with Gasteiger partial charge in [-0.1, -0.05) is 115 Å². The van der Waals surface area contributed by atoms with Crippen LogP contribution in [0.25, 0.3) is 0 Å². The lowest BCUT2D eigenvalue weighted by Crippen LogP contribution is -2.21. The second kappa shape index (κ2) is 20.5. The molecule has 0 aliphatic rings. The van der Waals surface area contributed by atoms with Crippen molar-refractivity contribution in [1.82, 2.24) is 0 Å². The first kappa shape index (κ1) is 30.1. The van der Waals surface area contributed by atoms with Crippen LogP contribution in [0.1, 0.15) is 103 Å². The first-order valence-corrected chi connectivity index (χ1v) is 14.5. The number of ether oxygens (including phenoxy) is 2. The lowest BCUT2D eigenvalue weighted by Gasteiger charge is -2.18. The molecule has 0 aliphatic carbocycles. The molecule has 0 bridgehead atoms. The summed E-state index contributed by atoms with van der Waals surface area (Å²) in [4.78, 5) is 18.3. The molecule has 1 unspecified atom stereocenters. The molecule has 0 fully saturated rings. The Morgan fingerprint density at radius 2 is 1.27 bits per heavy atom. The van der Waals surface area contributed by atoms with Crippen LogP contribution in [-0.4, -0.2) is 35.7 Å². The van der Waals surface area contributed by atoms with Crippen LogP contribution in [-0.2, 0) is 13.8 Å². The predicted molar refractivity (Wildman–Crippen MR) is 135 cm³/mol. The number of hydrogen-bond acceptors (Lipinski definition) is 4. The molecule has 0 saturated heterocycles. The van der Waals surface area contributed by atoms with E-state index in [1.165, 1.54) is 70.6 Å². The highest BCUT2D eigenvalue weighted by molar-refractivity contribution is 7.46. The minimum atomic E-state index is -4.52. The molecule has 33 heavy (non-hydrogen) atoms. The van der Waals surface area contributed by atoms with Gasteiger partial charge in [-0.05, 0) is 18.6 Å². The molecule has 2 N–H and O–H groups in total. The molecule has 0 spiro atoms. The Labute approximate surface area is 201 Å². The van der Waals surface area contributed by atoms with Crippen LogP contribution in [0.15, 0.2) is 30.3 Å². The van der Waals surface area contributed by atoms with Crippen molar-refractivity contribution in [1.29, 1.82) is 0 Å². The number of benzene rings is 1. The highest BCUT2D eigenvalue weighted by Crippen LogP contribution is 2.38. The zero-order valence-corrected chi connectivity index (χ0v) is 21.6. The quantitative estimate of drug-likeness (QED) is 0.124. The zero-order valence-electron chi connectivity index (χ0n) is 20.7. The van der Waals surface area contributed by atoms with Crippen molar-refractivity contribution >= 4 is 7.82 Å². The number of para-hydroxylation sites is 1. The third kappa shape index (κ3) is 20.2. The molecule has 1 aromatic rings. The van der Waals surface area contributed by atoms with Crippen molar-refractivity contribution in [3.05, 3.63) is 30.3 Å². The van der Waals surface area contributed by atoms with Gasteiger partial charge in [0.2, 0.25) is 0 Å². The predicted octanol–water partition coefficient (Wildman–Crippen LogP) is 7.43. The van der Waals surface area contributed by atoms with Gasteiger partial charge in [0.15, 0.2) is 0 Å². The summed E-state index contributed by atoms with van der Waals surface area (Å²) in [6, 6.07) is 9.46. The van der Waals surface area contributed by atoms with E-state index in [-0.39, 0.29) is 6.61 Å². The largest absolute Gasteiger partial charge is 0.491 e. The van der Waals surface area contributed by atoms with Crippen LogP contribution in [0.4, 0.5) is 0 Å². The summed E-state index contributed by atoms with van der Waals surface area (Å²) in [6.45, 7) is 3.13. The third-order valence-corrected chi connectivity index (χ3v) is 6.28. The molecule has 0 radical (unpaired) electrons. The maximum atomic E-state index is 11.3. The molecule has 1 aromatic carbocycles. The van der Waals surface area contributed by atoms with Crippen molar-refractivity contribution in [2.45, 2.75) is 109 Å². The number of hydrogen-bond donors (Lipinski definition) is 2. The third-order valence-electron chi connectivity index (χ3n) is 5.71. The molecular formula is C26H47O6P. The Morgan fingerprint density at radius 1 is 0.758 bits per heavy atom. The number of phosphoric ester groups is 1. The molecule has 192 valence electrons. The summed E-state index contributed by atoms with van der Waals surface area (Å²) in [6.07, 6.45) is 17.9. The number of rotatable bonds is 23. The van der Waals surface area contributed by atoms with Crippen LogP contribution >= 0.6 is 7.82 Å². The molecule has 0 aromatic heterocycles. The van der Waals surface area contributed by atoms with E-state index in [2.05, 4.69) is 6.92 Å². The average molecular weight is 487 g/mol. The van der Waals surface area contributed by atoms with Gasteiger partial charge in [-0.3, -0.25) is 4.52 Å². The van der Waals surface area contributed by atoms with E-state index in [9.17, 15) is 4.57 Å². The Bertz CT molecular complexity index is 592. The molecule has 0 heterocycles. The maximum Gasteiger partial charge on any atom is 0.469 e. The van der Waals surface area contributed by atoms with Crippen molar-refractivity contribution in [3.8, 4) is 5.75 Å². The summed E-state index contributed by atoms with van der Waals surface area (Å²) >= 11 is 0. The van der Waals surface area contributed by atoms with Crippen LogP contribution in [0.2, 0.25) is 0 Å². The van der Waals surface area contributed by atoms with Crippen LogP contribution in [0, 0.1) is 0 Å². The second-order valence-electron chi connectivity index (χ2n) is 8.84. The van der Waals surface area contributed by atoms with Gasteiger partial charge in [-0.2, -0.15) is 0 Å². The Morgan fingerprint density at radius 3 is 1.79 bits per heavy atom. The van der Waals surface area contributed by atoms with Crippen LogP contribution < -0.4 is 4.74 Å². The van der Waals surface area contributed by atoms with E-state index in [0.717, 1.165) is 25.0 Å². The first-order valence-electron chi connectivity index (χ1n) is 13.0. The second-order valence-corrected chi connectivity index (χ2v) is 10.0. The van der Waals surface area contributed by atoms with E-state index in [4.69, 9.17) is 23.8 Å². The number of phosphoric acid groups is 1. The average Bonchev–Trinajstić information content (AvgIpc) is 2.78. The van der Waals surface area contributed by atoms with E-state index in [0.29, 0.717) is 19.6 Å². The Hall–Kier alpha value is -0.910. The summed E-state index contributed by atoms with van der Waals surface area (Å²) in [7, 11) is -4.52. The molecule has 1 rings (SSSR count). The highest BCUT2D eigenvalue weighted by atomic mass is 31.2. The normalized spacial score (nSPS) is 12.7. The smallest absolute Gasteiger partial charge is 0.469 e. The van der Waals surface area contributed by atoms with E-state index < -0.39 is 13.9 Å². The van der Waals surface area contributed by atoms with Crippen molar-refractivity contribution in [3.63, 3.8) is 0 Å². The molecular weight excluding hydrogens is 439 g/mol. The lowest BCUT2D eigenvalue weighted by molar-refractivity contribution is 0.0182. The van der Waals surface area contributed by atoms with Crippen LogP contribution in [0.3, 0.4) is 0 Å². The van der Waals surface area contributed by atoms with Gasteiger partial charge in [-0.15, -0.1) is 0 Å².